The van der Waals surface area contributed by atoms with Crippen LogP contribution in [0.5, 0.6) is 0 Å². The molecule has 1 saturated heterocycles. The highest BCUT2D eigenvalue weighted by molar-refractivity contribution is 6.31. The van der Waals surface area contributed by atoms with Gasteiger partial charge < -0.3 is 15.1 Å². The van der Waals surface area contributed by atoms with Crippen LogP contribution < -0.4 is 5.73 Å². The van der Waals surface area contributed by atoms with Crippen molar-refractivity contribution in [3.63, 3.8) is 0 Å². The van der Waals surface area contributed by atoms with E-state index in [2.05, 4.69) is 4.98 Å². The van der Waals surface area contributed by atoms with E-state index < -0.39 is 0 Å². The molecular formula is C19H20Cl3N3O2. The predicted octanol–water partition coefficient (Wildman–Crippen LogP) is 4.93. The molecule has 4 rings (SSSR count). The molecule has 3 aromatic rings. The number of nitrogens with two attached hydrogens (primary N) is 1. The smallest absolute Gasteiger partial charge is 0.255 e. The molecule has 144 valence electrons. The minimum Gasteiger partial charge on any atom is -0.440 e. The lowest BCUT2D eigenvalue weighted by atomic mass is 9.96. The SMILES string of the molecule is Cl.Cl.Nc1ccccc1C(=O)N1CCC(c2nc3cc(Cl)ccc3o2)CC1. The second-order valence-corrected chi connectivity index (χ2v) is 6.75. The normalized spacial score (nSPS) is 14.5. The maximum atomic E-state index is 12.6. The van der Waals surface area contributed by atoms with Crippen LogP contribution in [-0.4, -0.2) is 28.9 Å². The van der Waals surface area contributed by atoms with Gasteiger partial charge in [-0.15, -0.1) is 24.8 Å². The van der Waals surface area contributed by atoms with Crippen LogP contribution in [0.25, 0.3) is 11.1 Å². The predicted molar refractivity (Wildman–Crippen MR) is 112 cm³/mol. The summed E-state index contributed by atoms with van der Waals surface area (Å²) in [5.74, 6) is 0.924. The zero-order valence-electron chi connectivity index (χ0n) is 14.4. The number of carbonyl (C=O) groups excluding carboxylic acids is 1. The summed E-state index contributed by atoms with van der Waals surface area (Å²) in [5, 5.41) is 0.646. The van der Waals surface area contributed by atoms with Crippen molar-refractivity contribution in [1.82, 2.24) is 9.88 Å². The lowest BCUT2D eigenvalue weighted by Crippen LogP contribution is -2.38. The topological polar surface area (TPSA) is 72.4 Å². The Morgan fingerprint density at radius 2 is 1.85 bits per heavy atom. The van der Waals surface area contributed by atoms with Crippen LogP contribution in [0.1, 0.15) is 35.0 Å². The molecule has 1 fully saturated rings. The van der Waals surface area contributed by atoms with Gasteiger partial charge in [-0.3, -0.25) is 4.79 Å². The molecule has 0 unspecified atom stereocenters. The van der Waals surface area contributed by atoms with Crippen LogP contribution in [0.4, 0.5) is 5.69 Å². The van der Waals surface area contributed by atoms with E-state index in [0.717, 1.165) is 29.8 Å². The third-order valence-electron chi connectivity index (χ3n) is 4.69. The number of amides is 1. The van der Waals surface area contributed by atoms with Gasteiger partial charge in [-0.1, -0.05) is 23.7 Å². The van der Waals surface area contributed by atoms with E-state index in [0.29, 0.717) is 29.4 Å². The summed E-state index contributed by atoms with van der Waals surface area (Å²) < 4.78 is 5.87. The average Bonchev–Trinajstić information content (AvgIpc) is 3.05. The van der Waals surface area contributed by atoms with Gasteiger partial charge in [0.25, 0.3) is 5.91 Å². The molecule has 0 radical (unpaired) electrons. The third kappa shape index (κ3) is 4.32. The maximum absolute atomic E-state index is 12.6. The monoisotopic (exact) mass is 427 g/mol. The number of oxazole rings is 1. The molecule has 2 N–H and O–H groups in total. The number of benzene rings is 2. The van der Waals surface area contributed by atoms with E-state index in [1.54, 1.807) is 24.3 Å². The molecule has 2 heterocycles. The summed E-state index contributed by atoms with van der Waals surface area (Å²) in [7, 11) is 0. The zero-order chi connectivity index (χ0) is 17.4. The molecule has 2 aromatic carbocycles. The van der Waals surface area contributed by atoms with Gasteiger partial charge in [-0.25, -0.2) is 4.98 Å². The molecule has 0 saturated carbocycles. The van der Waals surface area contributed by atoms with Crippen LogP contribution in [0, 0.1) is 0 Å². The summed E-state index contributed by atoms with van der Waals surface area (Å²) in [6.07, 6.45) is 1.64. The minimum absolute atomic E-state index is 0. The standard InChI is InChI=1S/C19H18ClN3O2.2ClH/c20-13-5-6-17-16(11-13)22-18(25-17)12-7-9-23(10-8-12)19(24)14-3-1-2-4-15(14)21;;/h1-6,11-12H,7-10,21H2;2*1H. The van der Waals surface area contributed by atoms with Crippen LogP contribution in [0.3, 0.4) is 0 Å². The van der Waals surface area contributed by atoms with E-state index in [9.17, 15) is 4.79 Å². The highest BCUT2D eigenvalue weighted by Gasteiger charge is 2.28. The number of hydrogen-bond acceptors (Lipinski definition) is 4. The fourth-order valence-corrected chi connectivity index (χ4v) is 3.45. The van der Waals surface area contributed by atoms with Gasteiger partial charge in [0.1, 0.15) is 5.52 Å². The number of para-hydroxylation sites is 1. The number of aromatic nitrogens is 1. The summed E-state index contributed by atoms with van der Waals surface area (Å²) in [6, 6.07) is 12.6. The van der Waals surface area contributed by atoms with E-state index in [4.69, 9.17) is 21.8 Å². The van der Waals surface area contributed by atoms with Crippen molar-refractivity contribution >= 4 is 59.1 Å². The van der Waals surface area contributed by atoms with Gasteiger partial charge in [0.2, 0.25) is 0 Å². The first kappa shape index (κ1) is 21.4. The maximum Gasteiger partial charge on any atom is 0.255 e. The first-order valence-corrected chi connectivity index (χ1v) is 8.69. The number of likely N-dealkylation sites (tertiary alicyclic amines) is 1. The fraction of sp³-hybridized carbons (Fsp3) is 0.263. The summed E-state index contributed by atoms with van der Waals surface area (Å²) in [6.45, 7) is 1.33. The van der Waals surface area contributed by atoms with Crippen LogP contribution in [0.2, 0.25) is 5.02 Å². The van der Waals surface area contributed by atoms with E-state index in [1.807, 2.05) is 23.1 Å². The number of halogens is 3. The Kier molecular flexibility index (Phi) is 6.98. The van der Waals surface area contributed by atoms with E-state index in [-0.39, 0.29) is 36.6 Å². The number of carbonyl (C=O) groups is 1. The Hall–Kier alpha value is -1.95. The lowest BCUT2D eigenvalue weighted by Gasteiger charge is -2.31. The number of nitrogen functional groups attached to an aromatic ring is 1. The number of fused-ring (bicyclic) bond motifs is 1. The molecule has 0 spiro atoms. The third-order valence-corrected chi connectivity index (χ3v) is 4.92. The van der Waals surface area contributed by atoms with Crippen molar-refractivity contribution in [1.29, 1.82) is 0 Å². The average molecular weight is 429 g/mol. The second kappa shape index (κ2) is 8.83. The minimum atomic E-state index is -0.0131. The first-order valence-electron chi connectivity index (χ1n) is 8.31. The Morgan fingerprint density at radius 1 is 1.15 bits per heavy atom. The van der Waals surface area contributed by atoms with E-state index in [1.165, 1.54) is 0 Å². The molecule has 1 aromatic heterocycles. The number of hydrogen-bond donors (Lipinski definition) is 1. The van der Waals surface area contributed by atoms with Gasteiger partial charge in [-0.2, -0.15) is 0 Å². The fourth-order valence-electron chi connectivity index (χ4n) is 3.28. The van der Waals surface area contributed by atoms with Crippen molar-refractivity contribution in [2.24, 2.45) is 0 Å². The van der Waals surface area contributed by atoms with Crippen LogP contribution >= 0.6 is 36.4 Å². The molecule has 0 bridgehead atoms. The highest BCUT2D eigenvalue weighted by Crippen LogP contribution is 2.31. The van der Waals surface area contributed by atoms with Crippen molar-refractivity contribution in [2.45, 2.75) is 18.8 Å². The first-order chi connectivity index (χ1) is 12.1. The van der Waals surface area contributed by atoms with Crippen molar-refractivity contribution in [3.05, 3.63) is 58.9 Å². The Labute approximate surface area is 174 Å². The van der Waals surface area contributed by atoms with Crippen molar-refractivity contribution in [2.75, 3.05) is 18.8 Å². The number of nitrogens with zero attached hydrogens (tertiary/aromatic N) is 2. The highest BCUT2D eigenvalue weighted by atomic mass is 35.5. The quantitative estimate of drug-likeness (QED) is 0.588. The molecule has 1 aliphatic rings. The van der Waals surface area contributed by atoms with Gasteiger partial charge in [0, 0.05) is 29.7 Å². The van der Waals surface area contributed by atoms with Gasteiger partial charge in [0.05, 0.1) is 5.56 Å². The second-order valence-electron chi connectivity index (χ2n) is 6.32. The van der Waals surface area contributed by atoms with Crippen molar-refractivity contribution in [3.8, 4) is 0 Å². The van der Waals surface area contributed by atoms with Gasteiger partial charge in [-0.05, 0) is 43.2 Å². The van der Waals surface area contributed by atoms with Crippen molar-refractivity contribution < 1.29 is 9.21 Å². The number of rotatable bonds is 2. The Bertz CT molecular complexity index is 937. The van der Waals surface area contributed by atoms with Crippen LogP contribution in [0.15, 0.2) is 46.9 Å². The van der Waals surface area contributed by atoms with Gasteiger partial charge >= 0.3 is 0 Å². The molecule has 1 aliphatic heterocycles. The Balaban J connectivity index is 0.00000131. The molecule has 8 heteroatoms. The largest absolute Gasteiger partial charge is 0.440 e. The van der Waals surface area contributed by atoms with Crippen LogP contribution in [-0.2, 0) is 0 Å². The molecule has 0 atom stereocenters. The molecule has 5 nitrogen and oxygen atoms in total. The summed E-state index contributed by atoms with van der Waals surface area (Å²) in [5.41, 5.74) is 8.53. The molecular weight excluding hydrogens is 409 g/mol. The summed E-state index contributed by atoms with van der Waals surface area (Å²) in [4.78, 5) is 19.0. The number of piperidine rings is 1. The zero-order valence-corrected chi connectivity index (χ0v) is 16.8. The molecule has 0 aliphatic carbocycles. The molecule has 1 amide bonds. The Morgan fingerprint density at radius 3 is 2.56 bits per heavy atom. The van der Waals surface area contributed by atoms with Gasteiger partial charge in [0.15, 0.2) is 11.5 Å². The number of anilines is 1. The lowest BCUT2D eigenvalue weighted by molar-refractivity contribution is 0.0708. The summed E-state index contributed by atoms with van der Waals surface area (Å²) >= 11 is 6.00. The van der Waals surface area contributed by atoms with E-state index >= 15 is 0 Å². The molecule has 27 heavy (non-hydrogen) atoms.